The Kier molecular flexibility index (Phi) is 4.73. The normalized spacial score (nSPS) is 13.3. The van der Waals surface area contributed by atoms with Crippen molar-refractivity contribution in [1.82, 2.24) is 4.98 Å². The molecule has 1 aromatic heterocycles. The highest BCUT2D eigenvalue weighted by Crippen LogP contribution is 2.31. The van der Waals surface area contributed by atoms with Crippen molar-refractivity contribution >= 4 is 50.9 Å². The third-order valence-electron chi connectivity index (χ3n) is 3.48. The van der Waals surface area contributed by atoms with Crippen molar-refractivity contribution in [3.63, 3.8) is 0 Å². The van der Waals surface area contributed by atoms with Crippen molar-refractivity contribution in [2.45, 2.75) is 6.92 Å². The topological polar surface area (TPSA) is 71.5 Å². The summed E-state index contributed by atoms with van der Waals surface area (Å²) in [5.41, 5.74) is 1.48. The average molecular weight is 411 g/mol. The molecule has 0 saturated carbocycles. The van der Waals surface area contributed by atoms with Crippen LogP contribution in [0.1, 0.15) is 5.56 Å². The summed E-state index contributed by atoms with van der Waals surface area (Å²) in [6, 6.07) is 8.58. The Hall–Kier alpha value is -2.12. The fourth-order valence-electron chi connectivity index (χ4n) is 2.32. The van der Waals surface area contributed by atoms with Gasteiger partial charge in [0.15, 0.2) is 18.2 Å². The fraction of sp³-hybridized carbons (Fsp3) is 0.188. The van der Waals surface area contributed by atoms with Gasteiger partial charge in [-0.25, -0.2) is 4.98 Å². The molecule has 8 heteroatoms. The number of carbonyl (C=O) groups excluding carboxylic acids is 2. The van der Waals surface area contributed by atoms with Crippen LogP contribution in [-0.2, 0) is 9.59 Å². The van der Waals surface area contributed by atoms with E-state index in [4.69, 9.17) is 16.3 Å². The number of anilines is 2. The molecule has 6 nitrogen and oxygen atoms in total. The number of hydrogen-bond acceptors (Lipinski definition) is 4. The number of carbonyl (C=O) groups is 2. The molecule has 2 heterocycles. The van der Waals surface area contributed by atoms with Crippen molar-refractivity contribution in [2.24, 2.45) is 0 Å². The number of hydrogen-bond donors (Lipinski definition) is 1. The van der Waals surface area contributed by atoms with E-state index in [0.29, 0.717) is 26.9 Å². The van der Waals surface area contributed by atoms with Gasteiger partial charge in [-0.1, -0.05) is 11.6 Å². The molecule has 0 spiro atoms. The Morgan fingerprint density at radius 1 is 1.42 bits per heavy atom. The van der Waals surface area contributed by atoms with Crippen molar-refractivity contribution < 1.29 is 14.3 Å². The molecule has 0 radical (unpaired) electrons. The van der Waals surface area contributed by atoms with Crippen molar-refractivity contribution in [1.29, 1.82) is 0 Å². The smallest absolute Gasteiger partial charge is 0.266 e. The molecule has 0 fully saturated rings. The van der Waals surface area contributed by atoms with Crippen LogP contribution in [0.5, 0.6) is 5.75 Å². The van der Waals surface area contributed by atoms with Crippen LogP contribution >= 0.6 is 27.5 Å². The molecule has 0 unspecified atom stereocenters. The van der Waals surface area contributed by atoms with Gasteiger partial charge in [-0.05, 0) is 58.7 Å². The number of rotatable bonds is 3. The molecule has 2 amide bonds. The highest BCUT2D eigenvalue weighted by molar-refractivity contribution is 9.10. The maximum absolute atomic E-state index is 12.3. The van der Waals surface area contributed by atoms with E-state index in [9.17, 15) is 9.59 Å². The summed E-state index contributed by atoms with van der Waals surface area (Å²) in [5, 5.41) is 3.37. The second-order valence-electron chi connectivity index (χ2n) is 5.23. The van der Waals surface area contributed by atoms with E-state index in [1.54, 1.807) is 30.3 Å². The zero-order chi connectivity index (χ0) is 17.3. The standard InChI is InChI=1S/C16H13BrClN3O3/c1-9-6-10(18)2-3-11(9)19-14(22)7-21-15(23)8-24-12-4-5-13(17)20-16(12)21/h2-6H,7-8H2,1H3,(H,19,22). The predicted octanol–water partition coefficient (Wildman–Crippen LogP) is 3.17. The van der Waals surface area contributed by atoms with Gasteiger partial charge in [0.25, 0.3) is 5.91 Å². The van der Waals surface area contributed by atoms with Gasteiger partial charge in [-0.2, -0.15) is 0 Å². The quantitative estimate of drug-likeness (QED) is 0.789. The van der Waals surface area contributed by atoms with E-state index in [2.05, 4.69) is 26.2 Å². The first kappa shape index (κ1) is 16.7. The number of fused-ring (bicyclic) bond motifs is 1. The number of aryl methyl sites for hydroxylation is 1. The Morgan fingerprint density at radius 2 is 2.21 bits per heavy atom. The molecule has 1 aliphatic rings. The fourth-order valence-corrected chi connectivity index (χ4v) is 2.84. The second-order valence-corrected chi connectivity index (χ2v) is 6.48. The van der Waals surface area contributed by atoms with Gasteiger partial charge < -0.3 is 10.1 Å². The van der Waals surface area contributed by atoms with Crippen LogP contribution in [0.4, 0.5) is 11.5 Å². The minimum atomic E-state index is -0.330. The molecule has 1 N–H and O–H groups in total. The summed E-state index contributed by atoms with van der Waals surface area (Å²) < 4.78 is 5.89. The summed E-state index contributed by atoms with van der Waals surface area (Å²) >= 11 is 9.16. The molecule has 1 aliphatic heterocycles. The van der Waals surface area contributed by atoms with Gasteiger partial charge in [0.2, 0.25) is 5.91 Å². The van der Waals surface area contributed by atoms with Crippen LogP contribution in [0, 0.1) is 6.92 Å². The van der Waals surface area contributed by atoms with E-state index < -0.39 is 0 Å². The Morgan fingerprint density at radius 3 is 2.96 bits per heavy atom. The SMILES string of the molecule is Cc1cc(Cl)ccc1NC(=O)CN1C(=O)COc2ccc(Br)nc21. The molecule has 0 bridgehead atoms. The lowest BCUT2D eigenvalue weighted by atomic mass is 10.2. The molecule has 3 rings (SSSR count). The van der Waals surface area contributed by atoms with E-state index in [1.165, 1.54) is 4.90 Å². The summed E-state index contributed by atoms with van der Waals surface area (Å²) in [6.45, 7) is 1.57. The van der Waals surface area contributed by atoms with Crippen molar-refractivity contribution in [3.8, 4) is 5.75 Å². The van der Waals surface area contributed by atoms with Gasteiger partial charge in [0, 0.05) is 10.7 Å². The first-order chi connectivity index (χ1) is 11.4. The van der Waals surface area contributed by atoms with Crippen LogP contribution in [0.3, 0.4) is 0 Å². The van der Waals surface area contributed by atoms with Crippen LogP contribution in [0.25, 0.3) is 0 Å². The maximum atomic E-state index is 12.3. The predicted molar refractivity (Wildman–Crippen MR) is 94.6 cm³/mol. The third-order valence-corrected chi connectivity index (χ3v) is 4.15. The molecule has 24 heavy (non-hydrogen) atoms. The zero-order valence-corrected chi connectivity index (χ0v) is 15.0. The molecule has 0 saturated heterocycles. The van der Waals surface area contributed by atoms with Crippen LogP contribution in [0.15, 0.2) is 34.9 Å². The first-order valence-electron chi connectivity index (χ1n) is 7.10. The van der Waals surface area contributed by atoms with E-state index >= 15 is 0 Å². The van der Waals surface area contributed by atoms with E-state index in [1.807, 2.05) is 6.92 Å². The minimum Gasteiger partial charge on any atom is -0.480 e. The molecule has 2 aromatic rings. The van der Waals surface area contributed by atoms with Gasteiger partial charge in [0.05, 0.1) is 0 Å². The highest BCUT2D eigenvalue weighted by atomic mass is 79.9. The van der Waals surface area contributed by atoms with Gasteiger partial charge in [-0.15, -0.1) is 0 Å². The van der Waals surface area contributed by atoms with Crippen LogP contribution in [0.2, 0.25) is 5.02 Å². The van der Waals surface area contributed by atoms with Gasteiger partial charge in [0.1, 0.15) is 11.1 Å². The van der Waals surface area contributed by atoms with Crippen LogP contribution < -0.4 is 15.0 Å². The molecule has 1 aromatic carbocycles. The van der Waals surface area contributed by atoms with Gasteiger partial charge >= 0.3 is 0 Å². The Bertz CT molecular complexity index is 828. The molecular weight excluding hydrogens is 398 g/mol. The number of pyridine rings is 1. The van der Waals surface area contributed by atoms with Crippen molar-refractivity contribution in [2.75, 3.05) is 23.4 Å². The summed E-state index contributed by atoms with van der Waals surface area (Å²) in [5.74, 6) is 0.136. The second kappa shape index (κ2) is 6.78. The average Bonchev–Trinajstić information content (AvgIpc) is 2.53. The maximum Gasteiger partial charge on any atom is 0.266 e. The summed E-state index contributed by atoms with van der Waals surface area (Å²) in [6.07, 6.45) is 0. The monoisotopic (exact) mass is 409 g/mol. The van der Waals surface area contributed by atoms with E-state index in [0.717, 1.165) is 5.56 Å². The number of nitrogens with zero attached hydrogens (tertiary/aromatic N) is 2. The largest absolute Gasteiger partial charge is 0.480 e. The number of nitrogens with one attached hydrogen (secondary N) is 1. The molecule has 124 valence electrons. The number of aromatic nitrogens is 1. The number of benzene rings is 1. The number of amides is 2. The van der Waals surface area contributed by atoms with Gasteiger partial charge in [-0.3, -0.25) is 14.5 Å². The zero-order valence-electron chi connectivity index (χ0n) is 12.7. The van der Waals surface area contributed by atoms with Crippen molar-refractivity contribution in [3.05, 3.63) is 45.5 Å². The molecule has 0 atom stereocenters. The van der Waals surface area contributed by atoms with Crippen LogP contribution in [-0.4, -0.2) is 29.9 Å². The summed E-state index contributed by atoms with van der Waals surface area (Å²) in [7, 11) is 0. The van der Waals surface area contributed by atoms with E-state index in [-0.39, 0.29) is 25.0 Å². The summed E-state index contributed by atoms with van der Waals surface area (Å²) in [4.78, 5) is 30.0. The lowest BCUT2D eigenvalue weighted by Crippen LogP contribution is -2.44. The lowest BCUT2D eigenvalue weighted by molar-refractivity contribution is -0.123. The first-order valence-corrected chi connectivity index (χ1v) is 8.27. The number of halogens is 2. The molecular formula is C16H13BrClN3O3. The Balaban J connectivity index is 1.79. The molecule has 0 aliphatic carbocycles. The lowest BCUT2D eigenvalue weighted by Gasteiger charge is -2.27. The highest BCUT2D eigenvalue weighted by Gasteiger charge is 2.29. The number of ether oxygens (including phenoxy) is 1. The Labute approximate surface area is 151 Å². The minimum absolute atomic E-state index is 0.121. The third kappa shape index (κ3) is 3.52.